The van der Waals surface area contributed by atoms with E-state index in [2.05, 4.69) is 45.8 Å². The molecule has 4 heteroatoms. The van der Waals surface area contributed by atoms with Gasteiger partial charge in [-0.05, 0) is 24.6 Å². The van der Waals surface area contributed by atoms with E-state index in [1.54, 1.807) is 0 Å². The van der Waals surface area contributed by atoms with Crippen LogP contribution in [0.2, 0.25) is 0 Å². The maximum Gasteiger partial charge on any atom is 0.110 e. The number of aromatic nitrogens is 2. The van der Waals surface area contributed by atoms with Crippen molar-refractivity contribution in [2.24, 2.45) is 12.8 Å². The zero-order valence-corrected chi connectivity index (χ0v) is 12.0. The summed E-state index contributed by atoms with van der Waals surface area (Å²) in [4.78, 5) is 6.88. The largest absolute Gasteiger partial charge is 0.370 e. The number of para-hydroxylation sites is 1. The SMILES string of the molecule is Cn1ccnc1CCN1CC(CCN)c2ccccc21. The molecule has 0 fully saturated rings. The van der Waals surface area contributed by atoms with Gasteiger partial charge in [0, 0.05) is 50.6 Å². The van der Waals surface area contributed by atoms with Crippen molar-refractivity contribution >= 4 is 5.69 Å². The Morgan fingerprint density at radius 3 is 2.95 bits per heavy atom. The number of nitrogens with two attached hydrogens (primary N) is 1. The average molecular weight is 270 g/mol. The van der Waals surface area contributed by atoms with Gasteiger partial charge in [0.05, 0.1) is 0 Å². The fourth-order valence-electron chi connectivity index (χ4n) is 3.12. The molecular formula is C16H22N4. The first-order chi connectivity index (χ1) is 9.79. The van der Waals surface area contributed by atoms with E-state index < -0.39 is 0 Å². The maximum absolute atomic E-state index is 5.75. The van der Waals surface area contributed by atoms with Gasteiger partial charge in [0.25, 0.3) is 0 Å². The summed E-state index contributed by atoms with van der Waals surface area (Å²) in [6, 6.07) is 8.72. The molecule has 0 spiro atoms. The van der Waals surface area contributed by atoms with E-state index in [4.69, 9.17) is 5.73 Å². The van der Waals surface area contributed by atoms with Crippen LogP contribution in [-0.2, 0) is 13.5 Å². The fraction of sp³-hybridized carbons (Fsp3) is 0.438. The second-order valence-corrected chi connectivity index (χ2v) is 5.48. The Balaban J connectivity index is 1.73. The summed E-state index contributed by atoms with van der Waals surface area (Å²) in [6.07, 6.45) is 5.91. The fourth-order valence-corrected chi connectivity index (χ4v) is 3.12. The molecule has 2 N–H and O–H groups in total. The third-order valence-electron chi connectivity index (χ3n) is 4.20. The summed E-state index contributed by atoms with van der Waals surface area (Å²) in [6.45, 7) is 2.86. The summed E-state index contributed by atoms with van der Waals surface area (Å²) in [5.74, 6) is 1.72. The number of hydrogen-bond acceptors (Lipinski definition) is 3. The normalized spacial score (nSPS) is 17.5. The topological polar surface area (TPSA) is 47.1 Å². The Kier molecular flexibility index (Phi) is 3.74. The van der Waals surface area contributed by atoms with Crippen LogP contribution in [0.15, 0.2) is 36.7 Å². The van der Waals surface area contributed by atoms with Crippen LogP contribution in [0.3, 0.4) is 0 Å². The van der Waals surface area contributed by atoms with Crippen molar-refractivity contribution in [1.29, 1.82) is 0 Å². The van der Waals surface area contributed by atoms with Gasteiger partial charge in [-0.15, -0.1) is 0 Å². The van der Waals surface area contributed by atoms with Crippen molar-refractivity contribution in [2.45, 2.75) is 18.8 Å². The number of imidazole rings is 1. The number of nitrogens with zero attached hydrogens (tertiary/aromatic N) is 3. The lowest BCUT2D eigenvalue weighted by Crippen LogP contribution is -2.25. The molecule has 1 atom stereocenters. The van der Waals surface area contributed by atoms with Gasteiger partial charge in [-0.2, -0.15) is 0 Å². The highest BCUT2D eigenvalue weighted by Gasteiger charge is 2.27. The molecule has 2 aromatic rings. The number of rotatable bonds is 5. The highest BCUT2D eigenvalue weighted by molar-refractivity contribution is 5.60. The molecule has 1 aliphatic heterocycles. The van der Waals surface area contributed by atoms with Crippen molar-refractivity contribution in [3.8, 4) is 0 Å². The van der Waals surface area contributed by atoms with Crippen LogP contribution in [0, 0.1) is 0 Å². The zero-order chi connectivity index (χ0) is 13.9. The van der Waals surface area contributed by atoms with E-state index in [0.717, 1.165) is 38.3 Å². The lowest BCUT2D eigenvalue weighted by Gasteiger charge is -2.19. The minimum Gasteiger partial charge on any atom is -0.370 e. The maximum atomic E-state index is 5.75. The van der Waals surface area contributed by atoms with Gasteiger partial charge >= 0.3 is 0 Å². The van der Waals surface area contributed by atoms with Gasteiger partial charge in [-0.1, -0.05) is 18.2 Å². The second kappa shape index (κ2) is 5.67. The standard InChI is InChI=1S/C16H22N4/c1-19-11-9-18-16(19)7-10-20-12-13(6-8-17)14-4-2-3-5-15(14)20/h2-5,9,11,13H,6-8,10,12,17H2,1H3. The van der Waals surface area contributed by atoms with Gasteiger partial charge in [0.15, 0.2) is 0 Å². The van der Waals surface area contributed by atoms with Gasteiger partial charge in [-0.25, -0.2) is 4.98 Å². The van der Waals surface area contributed by atoms with Crippen LogP contribution in [0.4, 0.5) is 5.69 Å². The Hall–Kier alpha value is -1.81. The molecule has 3 rings (SSSR count). The van der Waals surface area contributed by atoms with Crippen molar-refractivity contribution in [3.63, 3.8) is 0 Å². The lowest BCUT2D eigenvalue weighted by atomic mass is 9.98. The first-order valence-electron chi connectivity index (χ1n) is 7.29. The average Bonchev–Trinajstić information content (AvgIpc) is 3.02. The third kappa shape index (κ3) is 2.43. The Morgan fingerprint density at radius 1 is 1.35 bits per heavy atom. The predicted octanol–water partition coefficient (Wildman–Crippen LogP) is 1.92. The van der Waals surface area contributed by atoms with Crippen molar-refractivity contribution in [1.82, 2.24) is 9.55 Å². The summed E-state index contributed by atoms with van der Waals surface area (Å²) >= 11 is 0. The molecule has 4 nitrogen and oxygen atoms in total. The van der Waals surface area contributed by atoms with Gasteiger partial charge in [0.2, 0.25) is 0 Å². The molecule has 0 aliphatic carbocycles. The van der Waals surface area contributed by atoms with E-state index in [0.29, 0.717) is 5.92 Å². The monoisotopic (exact) mass is 270 g/mol. The van der Waals surface area contributed by atoms with Crippen molar-refractivity contribution < 1.29 is 0 Å². The third-order valence-corrected chi connectivity index (χ3v) is 4.20. The lowest BCUT2D eigenvalue weighted by molar-refractivity contribution is 0.637. The predicted molar refractivity (Wildman–Crippen MR) is 82.0 cm³/mol. The molecule has 1 aliphatic rings. The van der Waals surface area contributed by atoms with E-state index in [9.17, 15) is 0 Å². The molecule has 0 saturated heterocycles. The zero-order valence-electron chi connectivity index (χ0n) is 12.0. The van der Waals surface area contributed by atoms with E-state index in [1.165, 1.54) is 11.3 Å². The first kappa shape index (κ1) is 13.2. The minimum atomic E-state index is 0.581. The Morgan fingerprint density at radius 2 is 2.20 bits per heavy atom. The highest BCUT2D eigenvalue weighted by Crippen LogP contribution is 2.37. The molecule has 2 heterocycles. The Labute approximate surface area is 120 Å². The van der Waals surface area contributed by atoms with E-state index in [1.807, 2.05) is 12.4 Å². The van der Waals surface area contributed by atoms with Gasteiger partial charge < -0.3 is 15.2 Å². The highest BCUT2D eigenvalue weighted by atomic mass is 15.2. The quantitative estimate of drug-likeness (QED) is 0.903. The van der Waals surface area contributed by atoms with E-state index in [-0.39, 0.29) is 0 Å². The molecule has 0 saturated carbocycles. The molecule has 106 valence electrons. The molecule has 1 unspecified atom stereocenters. The molecule has 1 aromatic carbocycles. The molecular weight excluding hydrogens is 248 g/mol. The van der Waals surface area contributed by atoms with Crippen molar-refractivity contribution in [2.75, 3.05) is 24.5 Å². The molecule has 20 heavy (non-hydrogen) atoms. The Bertz CT molecular complexity index is 575. The number of fused-ring (bicyclic) bond motifs is 1. The molecule has 0 bridgehead atoms. The number of benzene rings is 1. The molecule has 0 radical (unpaired) electrons. The van der Waals surface area contributed by atoms with Gasteiger partial charge in [0.1, 0.15) is 5.82 Å². The number of hydrogen-bond donors (Lipinski definition) is 1. The van der Waals surface area contributed by atoms with Crippen LogP contribution in [-0.4, -0.2) is 29.2 Å². The van der Waals surface area contributed by atoms with Crippen LogP contribution in [0.5, 0.6) is 0 Å². The minimum absolute atomic E-state index is 0.581. The molecule has 1 aromatic heterocycles. The summed E-state index contributed by atoms with van der Waals surface area (Å²) in [5.41, 5.74) is 8.58. The summed E-state index contributed by atoms with van der Waals surface area (Å²) in [5, 5.41) is 0. The van der Waals surface area contributed by atoms with Crippen LogP contribution in [0.25, 0.3) is 0 Å². The van der Waals surface area contributed by atoms with Crippen LogP contribution in [0.1, 0.15) is 23.7 Å². The second-order valence-electron chi connectivity index (χ2n) is 5.48. The van der Waals surface area contributed by atoms with Gasteiger partial charge in [-0.3, -0.25) is 0 Å². The number of anilines is 1. The molecule has 0 amide bonds. The smallest absolute Gasteiger partial charge is 0.110 e. The number of aryl methyl sites for hydroxylation is 1. The summed E-state index contributed by atoms with van der Waals surface area (Å²) in [7, 11) is 2.05. The van der Waals surface area contributed by atoms with Crippen molar-refractivity contribution in [3.05, 3.63) is 48.0 Å². The van der Waals surface area contributed by atoms with E-state index >= 15 is 0 Å². The summed E-state index contributed by atoms with van der Waals surface area (Å²) < 4.78 is 2.10. The van der Waals surface area contributed by atoms with Crippen LogP contribution >= 0.6 is 0 Å². The van der Waals surface area contributed by atoms with Crippen LogP contribution < -0.4 is 10.6 Å². The first-order valence-corrected chi connectivity index (χ1v) is 7.29.